The molecular weight excluding hydrogens is 346 g/mol. The van der Waals surface area contributed by atoms with Gasteiger partial charge >= 0.3 is 0 Å². The van der Waals surface area contributed by atoms with Gasteiger partial charge in [-0.25, -0.2) is 0 Å². The van der Waals surface area contributed by atoms with Crippen LogP contribution >= 0.6 is 11.6 Å². The first kappa shape index (κ1) is 18.2. The first-order chi connectivity index (χ1) is 12.7. The number of hydrogen-bond acceptors (Lipinski definition) is 3. The fourth-order valence-corrected chi connectivity index (χ4v) is 2.78. The van der Waals surface area contributed by atoms with Crippen molar-refractivity contribution in [2.45, 2.75) is 20.1 Å². The highest BCUT2D eigenvalue weighted by atomic mass is 35.5. The highest BCUT2D eigenvalue weighted by Crippen LogP contribution is 2.29. The number of halogens is 1. The lowest BCUT2D eigenvalue weighted by Gasteiger charge is -2.14. The fourth-order valence-electron chi connectivity index (χ4n) is 2.59. The van der Waals surface area contributed by atoms with Crippen molar-refractivity contribution >= 4 is 17.3 Å². The molecule has 0 aliphatic carbocycles. The van der Waals surface area contributed by atoms with Crippen molar-refractivity contribution < 1.29 is 9.47 Å². The summed E-state index contributed by atoms with van der Waals surface area (Å²) in [5, 5.41) is 4.08. The van der Waals surface area contributed by atoms with Gasteiger partial charge in [-0.3, -0.25) is 0 Å². The van der Waals surface area contributed by atoms with Gasteiger partial charge in [-0.05, 0) is 48.4 Å². The predicted molar refractivity (Wildman–Crippen MR) is 107 cm³/mol. The van der Waals surface area contributed by atoms with E-state index in [1.807, 2.05) is 79.7 Å². The van der Waals surface area contributed by atoms with E-state index in [0.717, 1.165) is 33.3 Å². The van der Waals surface area contributed by atoms with Crippen LogP contribution in [0.25, 0.3) is 0 Å². The van der Waals surface area contributed by atoms with E-state index >= 15 is 0 Å². The largest absolute Gasteiger partial charge is 0.490 e. The molecule has 0 bridgehead atoms. The molecule has 3 aromatic rings. The first-order valence-corrected chi connectivity index (χ1v) is 9.04. The zero-order valence-electron chi connectivity index (χ0n) is 14.7. The molecule has 0 saturated heterocycles. The molecule has 0 fully saturated rings. The zero-order valence-corrected chi connectivity index (χ0v) is 15.5. The third-order valence-corrected chi connectivity index (χ3v) is 4.10. The first-order valence-electron chi connectivity index (χ1n) is 8.66. The van der Waals surface area contributed by atoms with Crippen LogP contribution in [0.2, 0.25) is 5.02 Å². The van der Waals surface area contributed by atoms with E-state index in [2.05, 4.69) is 5.32 Å². The summed E-state index contributed by atoms with van der Waals surface area (Å²) in [6.45, 7) is 3.76. The Kier molecular flexibility index (Phi) is 6.39. The van der Waals surface area contributed by atoms with Gasteiger partial charge in [-0.1, -0.05) is 54.1 Å². The molecule has 1 N–H and O–H groups in total. The lowest BCUT2D eigenvalue weighted by molar-refractivity contribution is 0.269. The van der Waals surface area contributed by atoms with Gasteiger partial charge in [0.25, 0.3) is 0 Å². The van der Waals surface area contributed by atoms with Crippen LogP contribution in [0.3, 0.4) is 0 Å². The van der Waals surface area contributed by atoms with E-state index in [0.29, 0.717) is 19.8 Å². The third kappa shape index (κ3) is 5.17. The minimum absolute atomic E-state index is 0.515. The third-order valence-electron chi connectivity index (χ3n) is 3.87. The summed E-state index contributed by atoms with van der Waals surface area (Å²) in [7, 11) is 0. The quantitative estimate of drug-likeness (QED) is 0.535. The number of anilines is 1. The molecule has 0 radical (unpaired) electrons. The second-order valence-electron chi connectivity index (χ2n) is 5.85. The average Bonchev–Trinajstić information content (AvgIpc) is 2.67. The van der Waals surface area contributed by atoms with Crippen LogP contribution in [0.1, 0.15) is 18.1 Å². The van der Waals surface area contributed by atoms with Crippen molar-refractivity contribution in [2.24, 2.45) is 0 Å². The smallest absolute Gasteiger partial charge is 0.161 e. The minimum Gasteiger partial charge on any atom is -0.490 e. The summed E-state index contributed by atoms with van der Waals surface area (Å²) in [6.07, 6.45) is 0. The Hall–Kier alpha value is -2.65. The van der Waals surface area contributed by atoms with E-state index in [1.165, 1.54) is 0 Å². The predicted octanol–water partition coefficient (Wildman–Crippen LogP) is 5.93. The van der Waals surface area contributed by atoms with E-state index < -0.39 is 0 Å². The molecular formula is C22H22ClNO2. The molecule has 3 rings (SSSR count). The normalized spacial score (nSPS) is 10.4. The van der Waals surface area contributed by atoms with Gasteiger partial charge in [0.15, 0.2) is 11.5 Å². The Morgan fingerprint density at radius 1 is 0.808 bits per heavy atom. The Morgan fingerprint density at radius 2 is 1.65 bits per heavy atom. The molecule has 0 heterocycles. The van der Waals surface area contributed by atoms with Crippen LogP contribution < -0.4 is 14.8 Å². The molecule has 134 valence electrons. The van der Waals surface area contributed by atoms with Crippen LogP contribution in [0.15, 0.2) is 72.8 Å². The van der Waals surface area contributed by atoms with Gasteiger partial charge < -0.3 is 14.8 Å². The maximum Gasteiger partial charge on any atom is 0.161 e. The lowest BCUT2D eigenvalue weighted by Crippen LogP contribution is -2.03. The Balaban J connectivity index is 1.67. The molecule has 4 heteroatoms. The van der Waals surface area contributed by atoms with Crippen molar-refractivity contribution in [1.82, 2.24) is 0 Å². The summed E-state index contributed by atoms with van der Waals surface area (Å²) < 4.78 is 11.7. The van der Waals surface area contributed by atoms with Gasteiger partial charge in [0.05, 0.1) is 6.61 Å². The van der Waals surface area contributed by atoms with Gasteiger partial charge in [-0.15, -0.1) is 0 Å². The van der Waals surface area contributed by atoms with Crippen LogP contribution in [0, 0.1) is 0 Å². The van der Waals surface area contributed by atoms with Crippen molar-refractivity contribution in [2.75, 3.05) is 11.9 Å². The van der Waals surface area contributed by atoms with Crippen LogP contribution in [-0.2, 0) is 13.2 Å². The SMILES string of the molecule is CCOc1cc(CNc2cccc(Cl)c2)ccc1OCc1ccccc1. The Morgan fingerprint density at radius 3 is 2.42 bits per heavy atom. The lowest BCUT2D eigenvalue weighted by atomic mass is 10.2. The fraction of sp³-hybridized carbons (Fsp3) is 0.182. The zero-order chi connectivity index (χ0) is 18.2. The van der Waals surface area contributed by atoms with Gasteiger partial charge in [0.1, 0.15) is 6.61 Å². The number of hydrogen-bond donors (Lipinski definition) is 1. The van der Waals surface area contributed by atoms with E-state index in [4.69, 9.17) is 21.1 Å². The molecule has 0 unspecified atom stereocenters. The molecule has 3 aromatic carbocycles. The van der Waals surface area contributed by atoms with Crippen molar-refractivity contribution in [3.63, 3.8) is 0 Å². The highest BCUT2D eigenvalue weighted by Gasteiger charge is 2.07. The molecule has 0 amide bonds. The number of nitrogens with one attached hydrogen (secondary N) is 1. The highest BCUT2D eigenvalue weighted by molar-refractivity contribution is 6.30. The monoisotopic (exact) mass is 367 g/mol. The minimum atomic E-state index is 0.515. The number of benzene rings is 3. The topological polar surface area (TPSA) is 30.5 Å². The molecule has 0 aliphatic rings. The molecule has 3 nitrogen and oxygen atoms in total. The Labute approximate surface area is 159 Å². The molecule has 0 atom stereocenters. The number of rotatable bonds is 8. The van der Waals surface area contributed by atoms with Crippen LogP contribution in [-0.4, -0.2) is 6.61 Å². The van der Waals surface area contributed by atoms with E-state index in [1.54, 1.807) is 0 Å². The molecule has 26 heavy (non-hydrogen) atoms. The van der Waals surface area contributed by atoms with Crippen molar-refractivity contribution in [3.8, 4) is 11.5 Å². The van der Waals surface area contributed by atoms with E-state index in [9.17, 15) is 0 Å². The average molecular weight is 368 g/mol. The number of ether oxygens (including phenoxy) is 2. The van der Waals surface area contributed by atoms with Crippen LogP contribution in [0.5, 0.6) is 11.5 Å². The summed E-state index contributed by atoms with van der Waals surface area (Å²) in [5.41, 5.74) is 3.22. The molecule has 0 aliphatic heterocycles. The van der Waals surface area contributed by atoms with E-state index in [-0.39, 0.29) is 0 Å². The van der Waals surface area contributed by atoms with Gasteiger partial charge in [0, 0.05) is 17.3 Å². The maximum absolute atomic E-state index is 6.02. The molecule has 0 saturated carbocycles. The molecule has 0 aromatic heterocycles. The van der Waals surface area contributed by atoms with Gasteiger partial charge in [-0.2, -0.15) is 0 Å². The maximum atomic E-state index is 6.02. The summed E-state index contributed by atoms with van der Waals surface area (Å²) in [4.78, 5) is 0. The summed E-state index contributed by atoms with van der Waals surface area (Å²) in [6, 6.07) is 23.8. The second-order valence-corrected chi connectivity index (χ2v) is 6.29. The summed E-state index contributed by atoms with van der Waals surface area (Å²) >= 11 is 6.02. The molecule has 0 spiro atoms. The van der Waals surface area contributed by atoms with Crippen molar-refractivity contribution in [3.05, 3.63) is 88.9 Å². The summed E-state index contributed by atoms with van der Waals surface area (Å²) in [5.74, 6) is 1.51. The van der Waals surface area contributed by atoms with Crippen LogP contribution in [0.4, 0.5) is 5.69 Å². The Bertz CT molecular complexity index is 837. The van der Waals surface area contributed by atoms with Crippen molar-refractivity contribution in [1.29, 1.82) is 0 Å². The standard InChI is InChI=1S/C22H22ClNO2/c1-2-25-22-13-18(15-24-20-10-6-9-19(23)14-20)11-12-21(22)26-16-17-7-4-3-5-8-17/h3-14,24H,2,15-16H2,1H3. The van der Waals surface area contributed by atoms with Gasteiger partial charge in [0.2, 0.25) is 0 Å². The second kappa shape index (κ2) is 9.16.